The summed E-state index contributed by atoms with van der Waals surface area (Å²) < 4.78 is 6.92. The van der Waals surface area contributed by atoms with Crippen LogP contribution in [0.3, 0.4) is 0 Å². The first-order valence-electron chi connectivity index (χ1n) is 7.05. The van der Waals surface area contributed by atoms with Crippen LogP contribution in [0.25, 0.3) is 10.9 Å². The molecule has 2 aromatic heterocycles. The van der Waals surface area contributed by atoms with E-state index < -0.39 is 0 Å². The molecule has 1 aliphatic carbocycles. The highest BCUT2D eigenvalue weighted by molar-refractivity contribution is 6.30. The Balaban J connectivity index is 1.94. The molecule has 1 N–H and O–H groups in total. The van der Waals surface area contributed by atoms with E-state index in [0.717, 1.165) is 10.9 Å². The number of benzene rings is 1. The van der Waals surface area contributed by atoms with E-state index in [4.69, 9.17) is 4.74 Å². The number of H-pyrrole nitrogens is 1. The van der Waals surface area contributed by atoms with E-state index in [1.807, 2.05) is 31.2 Å². The lowest BCUT2D eigenvalue weighted by Gasteiger charge is -2.13. The third-order valence-corrected chi connectivity index (χ3v) is 3.86. The van der Waals surface area contributed by atoms with Crippen molar-refractivity contribution in [3.63, 3.8) is 0 Å². The fourth-order valence-corrected chi connectivity index (χ4v) is 2.86. The number of fused-ring (bicyclic) bond motifs is 4. The number of aromatic nitrogens is 3. The van der Waals surface area contributed by atoms with Crippen LogP contribution < -0.4 is 0 Å². The molecule has 0 atom stereocenters. The highest BCUT2D eigenvalue weighted by atomic mass is 16.5. The minimum absolute atomic E-state index is 0.184. The third kappa shape index (κ3) is 1.61. The Morgan fingerprint density at radius 2 is 2.05 bits per heavy atom. The Labute approximate surface area is 125 Å². The zero-order valence-electron chi connectivity index (χ0n) is 11.9. The van der Waals surface area contributed by atoms with Crippen molar-refractivity contribution >= 4 is 22.5 Å². The van der Waals surface area contributed by atoms with Gasteiger partial charge in [-0.15, -0.1) is 0 Å². The maximum atomic E-state index is 12.9. The first-order chi connectivity index (χ1) is 10.7. The van der Waals surface area contributed by atoms with Gasteiger partial charge in [0.2, 0.25) is 11.6 Å². The van der Waals surface area contributed by atoms with Gasteiger partial charge in [-0.1, -0.05) is 18.2 Å². The van der Waals surface area contributed by atoms with Crippen LogP contribution in [0, 0.1) is 0 Å². The molecule has 110 valence electrons. The van der Waals surface area contributed by atoms with Crippen LogP contribution >= 0.6 is 0 Å². The number of ketones is 2. The van der Waals surface area contributed by atoms with Gasteiger partial charge >= 0.3 is 0 Å². The summed E-state index contributed by atoms with van der Waals surface area (Å²) in [7, 11) is 0. The molecule has 6 nitrogen and oxygen atoms in total. The zero-order valence-corrected chi connectivity index (χ0v) is 11.9. The number of hydrogen-bond donors (Lipinski definition) is 1. The Hall–Kier alpha value is -2.73. The molecular formula is C16H13N3O3. The van der Waals surface area contributed by atoms with Crippen LogP contribution in [-0.2, 0) is 11.5 Å². The summed E-state index contributed by atoms with van der Waals surface area (Å²) in [6, 6.07) is 7.39. The fourth-order valence-electron chi connectivity index (χ4n) is 2.86. The number of aromatic amines is 1. The Kier molecular flexibility index (Phi) is 2.74. The molecule has 22 heavy (non-hydrogen) atoms. The van der Waals surface area contributed by atoms with Gasteiger partial charge in [0.1, 0.15) is 23.8 Å². The summed E-state index contributed by atoms with van der Waals surface area (Å²) in [6.07, 6.45) is 1.48. The third-order valence-electron chi connectivity index (χ3n) is 3.86. The number of nitrogens with one attached hydrogen (secondary N) is 1. The molecule has 0 saturated heterocycles. The maximum Gasteiger partial charge on any atom is 0.230 e. The van der Waals surface area contributed by atoms with Gasteiger partial charge in [-0.3, -0.25) is 9.59 Å². The summed E-state index contributed by atoms with van der Waals surface area (Å²) in [5.74, 6) is -0.449. The van der Waals surface area contributed by atoms with E-state index in [1.54, 1.807) is 4.57 Å². The van der Waals surface area contributed by atoms with Gasteiger partial charge in [0, 0.05) is 17.5 Å². The molecule has 0 unspecified atom stereocenters. The van der Waals surface area contributed by atoms with Crippen molar-refractivity contribution in [1.82, 2.24) is 14.5 Å². The molecular weight excluding hydrogens is 282 g/mol. The van der Waals surface area contributed by atoms with Gasteiger partial charge in [0.05, 0.1) is 11.9 Å². The van der Waals surface area contributed by atoms with Gasteiger partial charge < -0.3 is 14.3 Å². The van der Waals surface area contributed by atoms with E-state index in [-0.39, 0.29) is 24.0 Å². The highest BCUT2D eigenvalue weighted by Gasteiger charge is 2.36. The van der Waals surface area contributed by atoms with E-state index in [1.165, 1.54) is 6.33 Å². The average Bonchev–Trinajstić information content (AvgIpc) is 3.12. The lowest BCUT2D eigenvalue weighted by molar-refractivity contribution is 0.0814. The molecule has 0 bridgehead atoms. The lowest BCUT2D eigenvalue weighted by Crippen LogP contribution is -2.23. The Morgan fingerprint density at radius 3 is 2.86 bits per heavy atom. The fraction of sp³-hybridized carbons (Fsp3) is 0.188. The lowest BCUT2D eigenvalue weighted by atomic mass is 9.94. The largest absolute Gasteiger partial charge is 0.361 e. The van der Waals surface area contributed by atoms with Gasteiger partial charge in [-0.25, -0.2) is 4.98 Å². The molecule has 1 aliphatic rings. The monoisotopic (exact) mass is 295 g/mol. The van der Waals surface area contributed by atoms with Crippen LogP contribution in [0.2, 0.25) is 0 Å². The summed E-state index contributed by atoms with van der Waals surface area (Å²) in [4.78, 5) is 32.6. The summed E-state index contributed by atoms with van der Waals surface area (Å²) in [6.45, 7) is 2.59. The van der Waals surface area contributed by atoms with Crippen LogP contribution in [-0.4, -0.2) is 32.7 Å². The number of nitrogens with zero attached hydrogens (tertiary/aromatic N) is 2. The molecule has 0 amide bonds. The number of imidazole rings is 1. The minimum atomic E-state index is -0.254. The van der Waals surface area contributed by atoms with Crippen molar-refractivity contribution in [2.75, 3.05) is 6.61 Å². The van der Waals surface area contributed by atoms with Crippen molar-refractivity contribution in [1.29, 1.82) is 0 Å². The predicted octanol–water partition coefficient (Wildman–Crippen LogP) is 2.13. The first kappa shape index (κ1) is 13.0. The second-order valence-electron chi connectivity index (χ2n) is 5.11. The molecule has 2 heterocycles. The van der Waals surface area contributed by atoms with Crippen molar-refractivity contribution in [2.45, 2.75) is 13.7 Å². The molecule has 0 spiro atoms. The predicted molar refractivity (Wildman–Crippen MR) is 79.0 cm³/mol. The molecule has 0 saturated carbocycles. The van der Waals surface area contributed by atoms with Crippen LogP contribution in [0.5, 0.6) is 0 Å². The molecule has 4 rings (SSSR count). The van der Waals surface area contributed by atoms with Gasteiger partial charge in [0.25, 0.3) is 0 Å². The van der Waals surface area contributed by atoms with Crippen molar-refractivity contribution < 1.29 is 14.3 Å². The maximum absolute atomic E-state index is 12.9. The van der Waals surface area contributed by atoms with Crippen molar-refractivity contribution in [3.05, 3.63) is 53.2 Å². The Morgan fingerprint density at radius 1 is 1.23 bits per heavy atom. The number of carbonyl (C=O) groups excluding carboxylic acids is 2. The summed E-state index contributed by atoms with van der Waals surface area (Å²) in [5.41, 5.74) is 2.00. The summed E-state index contributed by atoms with van der Waals surface area (Å²) >= 11 is 0. The van der Waals surface area contributed by atoms with E-state index >= 15 is 0 Å². The molecule has 3 aromatic rings. The molecule has 0 fully saturated rings. The normalized spacial score (nSPS) is 13.5. The number of para-hydroxylation sites is 1. The molecule has 1 aromatic carbocycles. The first-order valence-corrected chi connectivity index (χ1v) is 7.05. The van der Waals surface area contributed by atoms with Gasteiger partial charge in [-0.2, -0.15) is 0 Å². The quantitative estimate of drug-likeness (QED) is 0.628. The van der Waals surface area contributed by atoms with Crippen molar-refractivity contribution in [3.8, 4) is 0 Å². The number of ether oxygens (including phenoxy) is 1. The van der Waals surface area contributed by atoms with Crippen LogP contribution in [0.4, 0.5) is 0 Å². The second-order valence-corrected chi connectivity index (χ2v) is 5.11. The van der Waals surface area contributed by atoms with E-state index in [9.17, 15) is 9.59 Å². The Bertz CT molecular complexity index is 920. The molecule has 0 radical (unpaired) electrons. The standard InChI is InChI=1S/C16H13N3O3/c1-2-22-8-19-7-17-13-14(19)15(20)11-9-5-3-4-6-10(9)18-12(11)16(13)21/h3-7,18H,2,8H2,1H3. The minimum Gasteiger partial charge on any atom is -0.361 e. The SMILES string of the molecule is CCOCn1cnc2c1C(=O)c1c([nH]c3ccccc13)C2=O. The van der Waals surface area contributed by atoms with E-state index in [2.05, 4.69) is 9.97 Å². The van der Waals surface area contributed by atoms with Gasteiger partial charge in [0.15, 0.2) is 0 Å². The van der Waals surface area contributed by atoms with Crippen molar-refractivity contribution in [2.24, 2.45) is 0 Å². The zero-order chi connectivity index (χ0) is 15.3. The van der Waals surface area contributed by atoms with Crippen LogP contribution in [0.1, 0.15) is 39.2 Å². The highest BCUT2D eigenvalue weighted by Crippen LogP contribution is 2.32. The number of carbonyl (C=O) groups is 2. The summed E-state index contributed by atoms with van der Waals surface area (Å²) in [5, 5.41) is 0.755. The molecule has 6 heteroatoms. The second kappa shape index (κ2) is 4.64. The van der Waals surface area contributed by atoms with E-state index in [0.29, 0.717) is 23.6 Å². The number of rotatable bonds is 3. The van der Waals surface area contributed by atoms with Crippen LogP contribution in [0.15, 0.2) is 30.6 Å². The topological polar surface area (TPSA) is 77.0 Å². The van der Waals surface area contributed by atoms with Gasteiger partial charge in [-0.05, 0) is 13.0 Å². The number of hydrogen-bond acceptors (Lipinski definition) is 4. The smallest absolute Gasteiger partial charge is 0.230 e. The average molecular weight is 295 g/mol. The molecule has 0 aliphatic heterocycles.